The number of primary amides is 1. The molecule has 2 amide bonds. The molecule has 0 bridgehead atoms. The number of carbonyl (C=O) groups excluding carboxylic acids is 6. The number of aliphatic hydroxyl groups excluding tert-OH is 1. The van der Waals surface area contributed by atoms with Crippen molar-refractivity contribution in [2.24, 2.45) is 29.4 Å². The largest absolute Gasteiger partial charge is 0.507 e. The summed E-state index contributed by atoms with van der Waals surface area (Å²) in [4.78, 5) is 80.6. The highest BCUT2D eigenvalue weighted by molar-refractivity contribution is 6.32. The van der Waals surface area contributed by atoms with E-state index in [1.54, 1.807) is 43.3 Å². The highest BCUT2D eigenvalue weighted by atomic mass is 16.3. The third-order valence-corrected chi connectivity index (χ3v) is 9.05. The number of ketones is 4. The molecule has 0 spiro atoms. The lowest BCUT2D eigenvalue weighted by Crippen LogP contribution is -2.77. The highest BCUT2D eigenvalue weighted by Gasteiger charge is 2.72. The zero-order valence-corrected chi connectivity index (χ0v) is 23.1. The van der Waals surface area contributed by atoms with Gasteiger partial charge in [0, 0.05) is 23.6 Å². The molecule has 220 valence electrons. The number of phenols is 1. The van der Waals surface area contributed by atoms with Gasteiger partial charge >= 0.3 is 0 Å². The number of benzene rings is 2. The fourth-order valence-electron chi connectivity index (χ4n) is 7.04. The second-order valence-corrected chi connectivity index (χ2v) is 11.5. The number of Topliss-reactive ketones (excluding diaryl/α,β-unsaturated/α-hetero) is 4. The van der Waals surface area contributed by atoms with E-state index >= 15 is 0 Å². The molecule has 12 nitrogen and oxygen atoms in total. The first-order valence-corrected chi connectivity index (χ1v) is 13.5. The molecule has 12 heteroatoms. The van der Waals surface area contributed by atoms with Crippen LogP contribution in [-0.4, -0.2) is 87.0 Å². The second kappa shape index (κ2) is 10.2. The van der Waals surface area contributed by atoms with Gasteiger partial charge in [-0.1, -0.05) is 37.3 Å². The Bertz CT molecular complexity index is 1540. The van der Waals surface area contributed by atoms with Crippen LogP contribution in [0.25, 0.3) is 0 Å². The Labute approximate surface area is 240 Å². The van der Waals surface area contributed by atoms with Crippen LogP contribution in [0.15, 0.2) is 42.5 Å². The Kier molecular flexibility index (Phi) is 7.12. The summed E-state index contributed by atoms with van der Waals surface area (Å²) in [5, 5.41) is 37.2. The maximum absolute atomic E-state index is 14.0. The van der Waals surface area contributed by atoms with Crippen LogP contribution in [0.1, 0.15) is 44.7 Å². The molecule has 2 aromatic carbocycles. The number of aliphatic hydroxyl groups is 2. The average Bonchev–Trinajstić information content (AvgIpc) is 2.94. The molecule has 42 heavy (non-hydrogen) atoms. The van der Waals surface area contributed by atoms with Gasteiger partial charge in [-0.15, -0.1) is 0 Å². The molecule has 6 N–H and O–H groups in total. The lowest BCUT2D eigenvalue weighted by molar-refractivity contribution is -0.196. The molecule has 0 saturated heterocycles. The van der Waals surface area contributed by atoms with Crippen LogP contribution in [0.2, 0.25) is 0 Å². The first-order valence-electron chi connectivity index (χ1n) is 13.5. The number of hydrogen-bond donors (Lipinski definition) is 5. The standard InChI is InChI=1S/C30H31N3O9/c1-12-15-10-9-14(11-32-29(41)13-7-5-4-6-8-13)22(34)17(15)23(35)18-16(12)24(36)20-21(33(2)3)25(37)19(28(31)40)27(39)30(20,42)26(18)38/h4-10,12,16,18-21,24,34,36,42H,11H2,1-3H3,(H2,31,40)(H,32,41)/t12-,16+,18?,19?,20+,21-,24-,30-/m0/s1. The van der Waals surface area contributed by atoms with E-state index in [0.717, 1.165) is 0 Å². The lowest BCUT2D eigenvalue weighted by atomic mass is 9.49. The van der Waals surface area contributed by atoms with Gasteiger partial charge in [-0.2, -0.15) is 0 Å². The Morgan fingerprint density at radius 3 is 2.26 bits per heavy atom. The van der Waals surface area contributed by atoms with Gasteiger partial charge in [-0.05, 0) is 37.7 Å². The summed E-state index contributed by atoms with van der Waals surface area (Å²) in [5.41, 5.74) is 2.91. The first-order chi connectivity index (χ1) is 19.7. The van der Waals surface area contributed by atoms with Gasteiger partial charge in [0.15, 0.2) is 34.7 Å². The van der Waals surface area contributed by atoms with Crippen LogP contribution in [0.3, 0.4) is 0 Å². The van der Waals surface area contributed by atoms with Gasteiger partial charge in [-0.3, -0.25) is 33.7 Å². The van der Waals surface area contributed by atoms with Crippen LogP contribution < -0.4 is 11.1 Å². The van der Waals surface area contributed by atoms with Crippen molar-refractivity contribution in [3.63, 3.8) is 0 Å². The Balaban J connectivity index is 1.56. The minimum atomic E-state index is -3.06. The number of aromatic hydroxyl groups is 1. The molecule has 3 aliphatic rings. The monoisotopic (exact) mass is 577 g/mol. The van der Waals surface area contributed by atoms with E-state index in [4.69, 9.17) is 5.73 Å². The number of hydrogen-bond acceptors (Lipinski definition) is 10. The van der Waals surface area contributed by atoms with E-state index in [2.05, 4.69) is 5.32 Å². The van der Waals surface area contributed by atoms with Crippen molar-refractivity contribution < 1.29 is 44.1 Å². The van der Waals surface area contributed by atoms with Gasteiger partial charge in [0.2, 0.25) is 5.91 Å². The van der Waals surface area contributed by atoms with Gasteiger partial charge in [0.25, 0.3) is 5.91 Å². The van der Waals surface area contributed by atoms with E-state index in [0.29, 0.717) is 11.1 Å². The molecular formula is C30H31N3O9. The van der Waals surface area contributed by atoms with Gasteiger partial charge < -0.3 is 26.4 Å². The number of fused-ring (bicyclic) bond motifs is 3. The number of likely N-dealkylation sites (N-methyl/N-ethyl adjacent to an activating group) is 1. The predicted octanol–water partition coefficient (Wildman–Crippen LogP) is -0.671. The number of nitrogens with one attached hydrogen (secondary N) is 1. The first kappa shape index (κ1) is 29.2. The molecule has 3 aliphatic carbocycles. The second-order valence-electron chi connectivity index (χ2n) is 11.5. The van der Waals surface area contributed by atoms with Crippen molar-refractivity contribution in [2.75, 3.05) is 14.1 Å². The maximum Gasteiger partial charge on any atom is 0.251 e. The molecule has 2 fully saturated rings. The molecule has 2 aromatic rings. The van der Waals surface area contributed by atoms with Gasteiger partial charge in [-0.25, -0.2) is 0 Å². The Morgan fingerprint density at radius 2 is 1.67 bits per heavy atom. The number of phenolic OH excluding ortho intramolecular Hbond substituents is 1. The molecule has 0 radical (unpaired) electrons. The van der Waals surface area contributed by atoms with Crippen LogP contribution >= 0.6 is 0 Å². The SMILES string of the molecule is C[C@H]1c2ccc(CNC(=O)c3ccccc3)c(O)c2C(=O)C2C(=O)[C@]3(O)C(=O)C(C(N)=O)C(=O)[C@@H](N(C)C)[C@@H]3[C@@H](O)[C@@H]21. The third-order valence-electron chi connectivity index (χ3n) is 9.05. The van der Waals surface area contributed by atoms with Gasteiger partial charge in [0.05, 0.1) is 29.5 Å². The molecule has 5 rings (SSSR count). The van der Waals surface area contributed by atoms with Crippen LogP contribution in [-0.2, 0) is 25.7 Å². The van der Waals surface area contributed by atoms with Crippen molar-refractivity contribution in [2.45, 2.75) is 37.1 Å². The summed E-state index contributed by atoms with van der Waals surface area (Å²) in [6.07, 6.45) is -1.70. The lowest BCUT2D eigenvalue weighted by Gasteiger charge is -2.56. The quantitative estimate of drug-likeness (QED) is 0.283. The molecule has 2 unspecified atom stereocenters. The van der Waals surface area contributed by atoms with Crippen molar-refractivity contribution in [3.8, 4) is 5.75 Å². The fourth-order valence-corrected chi connectivity index (χ4v) is 7.04. The van der Waals surface area contributed by atoms with Crippen LogP contribution in [0.4, 0.5) is 0 Å². The van der Waals surface area contributed by atoms with Crippen molar-refractivity contribution >= 4 is 34.9 Å². The third kappa shape index (κ3) is 4.01. The average molecular weight is 578 g/mol. The molecule has 0 aromatic heterocycles. The molecule has 0 aliphatic heterocycles. The van der Waals surface area contributed by atoms with Crippen molar-refractivity contribution in [3.05, 3.63) is 64.7 Å². The van der Waals surface area contributed by atoms with E-state index < -0.39 is 88.0 Å². The van der Waals surface area contributed by atoms with Crippen molar-refractivity contribution in [1.82, 2.24) is 10.2 Å². The van der Waals surface area contributed by atoms with E-state index in [1.165, 1.54) is 25.1 Å². The normalized spacial score (nSPS) is 32.2. The van der Waals surface area contributed by atoms with E-state index in [1.807, 2.05) is 0 Å². The number of nitrogens with two attached hydrogens (primary N) is 1. The number of amides is 2. The summed E-state index contributed by atoms with van der Waals surface area (Å²) in [5.74, 6) is -14.4. The maximum atomic E-state index is 14.0. The zero-order valence-electron chi connectivity index (χ0n) is 23.1. The summed E-state index contributed by atoms with van der Waals surface area (Å²) in [6, 6.07) is 9.98. The number of rotatable bonds is 5. The number of carbonyl (C=O) groups is 6. The fraction of sp³-hybridized carbons (Fsp3) is 0.400. The minimum absolute atomic E-state index is 0.156. The summed E-state index contributed by atoms with van der Waals surface area (Å²) in [7, 11) is 2.86. The predicted molar refractivity (Wildman–Crippen MR) is 145 cm³/mol. The highest BCUT2D eigenvalue weighted by Crippen LogP contribution is 2.54. The van der Waals surface area contributed by atoms with Crippen molar-refractivity contribution in [1.29, 1.82) is 0 Å². The Morgan fingerprint density at radius 1 is 1.02 bits per heavy atom. The summed E-state index contributed by atoms with van der Waals surface area (Å²) in [6.45, 7) is 1.47. The van der Waals surface area contributed by atoms with Gasteiger partial charge in [0.1, 0.15) is 5.75 Å². The Hall–Kier alpha value is -4.26. The molecule has 0 heterocycles. The topological polar surface area (TPSA) is 204 Å². The molecular weight excluding hydrogens is 546 g/mol. The van der Waals surface area contributed by atoms with Crippen LogP contribution in [0, 0.1) is 23.7 Å². The number of nitrogens with zero attached hydrogens (tertiary/aromatic N) is 1. The zero-order chi connectivity index (χ0) is 30.8. The molecule has 8 atom stereocenters. The summed E-state index contributed by atoms with van der Waals surface area (Å²) >= 11 is 0. The van der Waals surface area contributed by atoms with E-state index in [-0.39, 0.29) is 17.7 Å². The smallest absolute Gasteiger partial charge is 0.251 e. The molecule has 2 saturated carbocycles. The van der Waals surface area contributed by atoms with Crippen LogP contribution in [0.5, 0.6) is 5.75 Å². The minimum Gasteiger partial charge on any atom is -0.507 e. The van der Waals surface area contributed by atoms with E-state index in [9.17, 15) is 44.1 Å². The summed E-state index contributed by atoms with van der Waals surface area (Å²) < 4.78 is 0.